The van der Waals surface area contributed by atoms with E-state index >= 15 is 0 Å². The van der Waals surface area contributed by atoms with Gasteiger partial charge in [-0.05, 0) is 36.2 Å². The monoisotopic (exact) mass is 294 g/mol. The molecule has 0 saturated heterocycles. The first-order chi connectivity index (χ1) is 10.7. The summed E-state index contributed by atoms with van der Waals surface area (Å²) in [6, 6.07) is 15.3. The fraction of sp³-hybridized carbons (Fsp3) is 0.167. The molecule has 3 aromatic rings. The summed E-state index contributed by atoms with van der Waals surface area (Å²) in [5.41, 5.74) is 3.81. The van der Waals surface area contributed by atoms with Crippen LogP contribution in [0.2, 0.25) is 0 Å². The highest BCUT2D eigenvalue weighted by Crippen LogP contribution is 2.33. The smallest absolute Gasteiger partial charge is 0.128 e. The Kier molecular flexibility index (Phi) is 3.83. The Morgan fingerprint density at radius 3 is 2.68 bits per heavy atom. The molecule has 1 N–H and O–H groups in total. The molecule has 0 aliphatic heterocycles. The Labute approximate surface area is 129 Å². The van der Waals surface area contributed by atoms with Gasteiger partial charge in [0.1, 0.15) is 11.5 Å². The van der Waals surface area contributed by atoms with Crippen molar-refractivity contribution in [3.63, 3.8) is 0 Å². The molecule has 0 atom stereocenters. The fourth-order valence-electron chi connectivity index (χ4n) is 2.57. The third-order valence-corrected chi connectivity index (χ3v) is 3.72. The number of aromatic nitrogens is 2. The van der Waals surface area contributed by atoms with Gasteiger partial charge >= 0.3 is 0 Å². The highest BCUT2D eigenvalue weighted by molar-refractivity contribution is 5.70. The Bertz CT molecular complexity index is 793. The number of aromatic hydroxyl groups is 1. The largest absolute Gasteiger partial charge is 0.507 e. The number of phenolic OH excluding ortho intramolecular Hbond substituents is 1. The average Bonchev–Trinajstić information content (AvgIpc) is 3.03. The topological polar surface area (TPSA) is 47.3 Å². The molecular formula is C18H18N2O2. The highest BCUT2D eigenvalue weighted by atomic mass is 16.5. The number of rotatable bonds is 4. The van der Waals surface area contributed by atoms with Gasteiger partial charge in [-0.25, -0.2) is 4.68 Å². The van der Waals surface area contributed by atoms with Crippen LogP contribution < -0.4 is 4.74 Å². The maximum Gasteiger partial charge on any atom is 0.128 e. The molecule has 0 saturated carbocycles. The van der Waals surface area contributed by atoms with E-state index in [9.17, 15) is 5.11 Å². The molecular weight excluding hydrogens is 276 g/mol. The molecule has 0 fully saturated rings. The summed E-state index contributed by atoms with van der Waals surface area (Å²) in [6.45, 7) is 2.12. The zero-order chi connectivity index (χ0) is 15.5. The van der Waals surface area contributed by atoms with Gasteiger partial charge in [0.15, 0.2) is 0 Å². The van der Waals surface area contributed by atoms with E-state index in [-0.39, 0.29) is 5.75 Å². The number of ether oxygens (including phenoxy) is 1. The van der Waals surface area contributed by atoms with Crippen molar-refractivity contribution in [1.29, 1.82) is 0 Å². The first-order valence-corrected chi connectivity index (χ1v) is 7.24. The number of aryl methyl sites for hydroxylation is 1. The summed E-state index contributed by atoms with van der Waals surface area (Å²) in [5.74, 6) is 0.802. The Morgan fingerprint density at radius 2 is 1.95 bits per heavy atom. The maximum atomic E-state index is 10.3. The zero-order valence-corrected chi connectivity index (χ0v) is 12.7. The number of hydrogen-bond acceptors (Lipinski definition) is 3. The van der Waals surface area contributed by atoms with E-state index in [1.54, 1.807) is 19.4 Å². The molecule has 3 rings (SSSR count). The lowest BCUT2D eigenvalue weighted by Gasteiger charge is -2.13. The first-order valence-electron chi connectivity index (χ1n) is 7.24. The molecule has 0 amide bonds. The molecule has 0 aliphatic rings. The number of benzene rings is 2. The average molecular weight is 294 g/mol. The minimum Gasteiger partial charge on any atom is -0.507 e. The van der Waals surface area contributed by atoms with Gasteiger partial charge < -0.3 is 9.84 Å². The van der Waals surface area contributed by atoms with Crippen molar-refractivity contribution in [3.05, 3.63) is 60.3 Å². The number of phenols is 1. The number of hydrogen-bond donors (Lipinski definition) is 1. The van der Waals surface area contributed by atoms with Gasteiger partial charge in [0.25, 0.3) is 0 Å². The van der Waals surface area contributed by atoms with Crippen molar-refractivity contribution in [1.82, 2.24) is 9.78 Å². The molecule has 22 heavy (non-hydrogen) atoms. The molecule has 0 radical (unpaired) electrons. The van der Waals surface area contributed by atoms with Gasteiger partial charge in [0.2, 0.25) is 0 Å². The van der Waals surface area contributed by atoms with Gasteiger partial charge in [-0.15, -0.1) is 0 Å². The predicted octanol–water partition coefficient (Wildman–Crippen LogP) is 3.82. The molecule has 0 aliphatic carbocycles. The summed E-state index contributed by atoms with van der Waals surface area (Å²) < 4.78 is 7.00. The van der Waals surface area contributed by atoms with Crippen LogP contribution in [-0.4, -0.2) is 22.0 Å². The zero-order valence-electron chi connectivity index (χ0n) is 12.7. The van der Waals surface area contributed by atoms with Gasteiger partial charge in [-0.2, -0.15) is 5.10 Å². The van der Waals surface area contributed by atoms with Crippen LogP contribution in [0.3, 0.4) is 0 Å². The first kappa shape index (κ1) is 14.2. The lowest BCUT2D eigenvalue weighted by atomic mass is 10.1. The highest BCUT2D eigenvalue weighted by Gasteiger charge is 2.13. The van der Waals surface area contributed by atoms with Crippen molar-refractivity contribution < 1.29 is 9.84 Å². The second-order valence-electron chi connectivity index (χ2n) is 4.99. The maximum absolute atomic E-state index is 10.3. The van der Waals surface area contributed by atoms with E-state index < -0.39 is 0 Å². The summed E-state index contributed by atoms with van der Waals surface area (Å²) in [4.78, 5) is 0. The molecule has 0 spiro atoms. The summed E-state index contributed by atoms with van der Waals surface area (Å²) >= 11 is 0. The van der Waals surface area contributed by atoms with Crippen molar-refractivity contribution >= 4 is 0 Å². The Morgan fingerprint density at radius 1 is 1.14 bits per heavy atom. The fourth-order valence-corrected chi connectivity index (χ4v) is 2.57. The lowest BCUT2D eigenvalue weighted by Crippen LogP contribution is -2.02. The van der Waals surface area contributed by atoms with Crippen LogP contribution >= 0.6 is 0 Å². The molecule has 1 heterocycles. The second kappa shape index (κ2) is 5.93. The SMILES string of the molecule is CCc1ccccc1-n1nccc1-c1ccc(OC)cc1O. The van der Waals surface area contributed by atoms with Gasteiger partial charge in [0, 0.05) is 11.6 Å². The predicted molar refractivity (Wildman–Crippen MR) is 86.6 cm³/mol. The normalized spacial score (nSPS) is 10.6. The second-order valence-corrected chi connectivity index (χ2v) is 4.99. The molecule has 0 unspecified atom stereocenters. The number of nitrogens with zero attached hydrogens (tertiary/aromatic N) is 2. The van der Waals surface area contributed by atoms with Gasteiger partial charge in [-0.3, -0.25) is 0 Å². The number of methoxy groups -OCH3 is 1. The molecule has 112 valence electrons. The summed E-state index contributed by atoms with van der Waals surface area (Å²) in [6.07, 6.45) is 2.66. The van der Waals surface area contributed by atoms with Crippen molar-refractivity contribution in [2.75, 3.05) is 7.11 Å². The van der Waals surface area contributed by atoms with E-state index in [2.05, 4.69) is 18.1 Å². The summed E-state index contributed by atoms with van der Waals surface area (Å²) in [5, 5.41) is 14.7. The van der Waals surface area contributed by atoms with Crippen LogP contribution in [0.15, 0.2) is 54.7 Å². The van der Waals surface area contributed by atoms with E-state index in [4.69, 9.17) is 4.74 Å². The molecule has 0 bridgehead atoms. The number of para-hydroxylation sites is 1. The quantitative estimate of drug-likeness (QED) is 0.796. The molecule has 4 heteroatoms. The van der Waals surface area contributed by atoms with E-state index in [1.807, 2.05) is 41.1 Å². The van der Waals surface area contributed by atoms with E-state index in [0.29, 0.717) is 5.75 Å². The van der Waals surface area contributed by atoms with Crippen molar-refractivity contribution in [2.45, 2.75) is 13.3 Å². The Balaban J connectivity index is 2.13. The Hall–Kier alpha value is -2.75. The van der Waals surface area contributed by atoms with Crippen molar-refractivity contribution in [3.8, 4) is 28.4 Å². The van der Waals surface area contributed by atoms with Crippen LogP contribution in [-0.2, 0) is 6.42 Å². The summed E-state index contributed by atoms with van der Waals surface area (Å²) in [7, 11) is 1.58. The standard InChI is InChI=1S/C18H18N2O2/c1-3-13-6-4-5-7-16(13)20-17(10-11-19-20)15-9-8-14(22-2)12-18(15)21/h4-12,21H,3H2,1-2H3. The van der Waals surface area contributed by atoms with E-state index in [0.717, 1.165) is 23.4 Å². The molecule has 2 aromatic carbocycles. The third kappa shape index (κ3) is 2.44. The minimum absolute atomic E-state index is 0.176. The van der Waals surface area contributed by atoms with Crippen LogP contribution in [0.5, 0.6) is 11.5 Å². The van der Waals surface area contributed by atoms with Gasteiger partial charge in [0.05, 0.1) is 24.7 Å². The third-order valence-electron chi connectivity index (χ3n) is 3.72. The van der Waals surface area contributed by atoms with Crippen LogP contribution in [0, 0.1) is 0 Å². The lowest BCUT2D eigenvalue weighted by molar-refractivity contribution is 0.408. The minimum atomic E-state index is 0.176. The van der Waals surface area contributed by atoms with Crippen molar-refractivity contribution in [2.24, 2.45) is 0 Å². The molecule has 1 aromatic heterocycles. The van der Waals surface area contributed by atoms with Gasteiger partial charge in [-0.1, -0.05) is 25.1 Å². The van der Waals surface area contributed by atoms with E-state index in [1.165, 1.54) is 5.56 Å². The van der Waals surface area contributed by atoms with Crippen LogP contribution in [0.25, 0.3) is 16.9 Å². The van der Waals surface area contributed by atoms with Crippen LogP contribution in [0.4, 0.5) is 0 Å². The molecule has 4 nitrogen and oxygen atoms in total. The van der Waals surface area contributed by atoms with Crippen LogP contribution in [0.1, 0.15) is 12.5 Å².